The molecule has 36 heavy (non-hydrogen) atoms. The van der Waals surface area contributed by atoms with Gasteiger partial charge in [-0.15, -0.1) is 0 Å². The molecule has 1 fully saturated rings. The summed E-state index contributed by atoms with van der Waals surface area (Å²) in [7, 11) is 0. The second-order valence-electron chi connectivity index (χ2n) is 10.2. The summed E-state index contributed by atoms with van der Waals surface area (Å²) >= 11 is 0. The van der Waals surface area contributed by atoms with Gasteiger partial charge in [0.25, 0.3) is 0 Å². The number of esters is 1. The molecule has 0 spiro atoms. The van der Waals surface area contributed by atoms with Gasteiger partial charge in [0.1, 0.15) is 5.60 Å². The Morgan fingerprint density at radius 2 is 1.64 bits per heavy atom. The Morgan fingerprint density at radius 1 is 1.00 bits per heavy atom. The molecule has 0 aromatic heterocycles. The van der Waals surface area contributed by atoms with E-state index in [0.29, 0.717) is 52.2 Å². The molecule has 0 saturated carbocycles. The van der Waals surface area contributed by atoms with Gasteiger partial charge in [0.15, 0.2) is 0 Å². The number of likely N-dealkylation sites (tertiary alicyclic amines) is 1. The van der Waals surface area contributed by atoms with Gasteiger partial charge in [-0.3, -0.25) is 9.69 Å². The Morgan fingerprint density at radius 3 is 2.25 bits per heavy atom. The van der Waals surface area contributed by atoms with Crippen molar-refractivity contribution in [3.05, 3.63) is 71.8 Å². The van der Waals surface area contributed by atoms with Crippen molar-refractivity contribution in [2.24, 2.45) is 0 Å². The number of nitrogens with zero attached hydrogens (tertiary/aromatic N) is 2. The van der Waals surface area contributed by atoms with Gasteiger partial charge >= 0.3 is 12.1 Å². The van der Waals surface area contributed by atoms with E-state index in [1.807, 2.05) is 76.2 Å². The van der Waals surface area contributed by atoms with E-state index in [4.69, 9.17) is 14.2 Å². The molecule has 1 aliphatic rings. The standard InChI is InChI=1S/C29H40N2O5/c1-5-34-27(32)16-17-30(19-23-12-8-6-9-13-23)20-25-18-26(35-22-24-14-10-7-11-15-24)21-31(25)28(33)36-29(2,3)4/h6-15,25-26H,5,16-22H2,1-4H3/t25-,26+/m0/s1. The van der Waals surface area contributed by atoms with E-state index in [1.165, 1.54) is 0 Å². The lowest BCUT2D eigenvalue weighted by Crippen LogP contribution is -2.45. The average molecular weight is 497 g/mol. The fourth-order valence-electron chi connectivity index (χ4n) is 4.36. The molecule has 1 saturated heterocycles. The molecule has 3 rings (SSSR count). The van der Waals surface area contributed by atoms with Gasteiger partial charge in [-0.2, -0.15) is 0 Å². The number of hydrogen-bond acceptors (Lipinski definition) is 6. The molecule has 2 atom stereocenters. The van der Waals surface area contributed by atoms with Gasteiger partial charge in [0, 0.05) is 19.6 Å². The van der Waals surface area contributed by atoms with Crippen molar-refractivity contribution < 1.29 is 23.8 Å². The zero-order chi connectivity index (χ0) is 26.0. The third-order valence-corrected chi connectivity index (χ3v) is 5.99. The smallest absolute Gasteiger partial charge is 0.410 e. The zero-order valence-corrected chi connectivity index (χ0v) is 22.0. The van der Waals surface area contributed by atoms with Crippen molar-refractivity contribution in [1.29, 1.82) is 0 Å². The molecule has 196 valence electrons. The van der Waals surface area contributed by atoms with E-state index >= 15 is 0 Å². The fourth-order valence-corrected chi connectivity index (χ4v) is 4.36. The largest absolute Gasteiger partial charge is 0.466 e. The minimum Gasteiger partial charge on any atom is -0.466 e. The number of carbonyl (C=O) groups excluding carboxylic acids is 2. The molecule has 7 heteroatoms. The highest BCUT2D eigenvalue weighted by molar-refractivity contribution is 5.70. The van der Waals surface area contributed by atoms with E-state index < -0.39 is 5.60 Å². The van der Waals surface area contributed by atoms with Gasteiger partial charge in [0.2, 0.25) is 0 Å². The lowest BCUT2D eigenvalue weighted by molar-refractivity contribution is -0.143. The number of ether oxygens (including phenoxy) is 3. The number of carbonyl (C=O) groups is 2. The van der Waals surface area contributed by atoms with E-state index in [2.05, 4.69) is 17.0 Å². The first-order chi connectivity index (χ1) is 17.2. The van der Waals surface area contributed by atoms with Crippen LogP contribution in [0.1, 0.15) is 51.7 Å². The zero-order valence-electron chi connectivity index (χ0n) is 22.0. The SMILES string of the molecule is CCOC(=O)CCN(Cc1ccccc1)C[C@@H]1C[C@@H](OCc2ccccc2)CN1C(=O)OC(C)(C)C. The topological polar surface area (TPSA) is 68.3 Å². The Labute approximate surface area is 215 Å². The van der Waals surface area contributed by atoms with Gasteiger partial charge in [0.05, 0.1) is 38.3 Å². The van der Waals surface area contributed by atoms with E-state index in [-0.39, 0.29) is 24.2 Å². The molecule has 0 unspecified atom stereocenters. The van der Waals surface area contributed by atoms with Gasteiger partial charge in [-0.25, -0.2) is 4.79 Å². The quantitative estimate of drug-likeness (QED) is 0.406. The summed E-state index contributed by atoms with van der Waals surface area (Å²) in [5.74, 6) is -0.213. The maximum absolute atomic E-state index is 13.1. The average Bonchev–Trinajstić information content (AvgIpc) is 3.24. The molecular formula is C29H40N2O5. The van der Waals surface area contributed by atoms with E-state index in [9.17, 15) is 9.59 Å². The van der Waals surface area contributed by atoms with E-state index in [1.54, 1.807) is 4.90 Å². The van der Waals surface area contributed by atoms with Crippen LogP contribution in [0.3, 0.4) is 0 Å². The first-order valence-corrected chi connectivity index (χ1v) is 12.8. The van der Waals surface area contributed by atoms with Crippen LogP contribution >= 0.6 is 0 Å². The summed E-state index contributed by atoms with van der Waals surface area (Å²) < 4.78 is 17.1. The van der Waals surface area contributed by atoms with Crippen LogP contribution in [0.15, 0.2) is 60.7 Å². The number of rotatable bonds is 11. The van der Waals surface area contributed by atoms with Gasteiger partial charge < -0.3 is 19.1 Å². The van der Waals surface area contributed by atoms with Crippen LogP contribution in [0.5, 0.6) is 0 Å². The van der Waals surface area contributed by atoms with Crippen LogP contribution in [0, 0.1) is 0 Å². The van der Waals surface area contributed by atoms with Gasteiger partial charge in [-0.1, -0.05) is 60.7 Å². The minimum atomic E-state index is -0.585. The second kappa shape index (κ2) is 13.4. The summed E-state index contributed by atoms with van der Waals surface area (Å²) in [6.45, 7) is 10.6. The summed E-state index contributed by atoms with van der Waals surface area (Å²) in [4.78, 5) is 29.2. The third kappa shape index (κ3) is 9.28. The predicted molar refractivity (Wildman–Crippen MR) is 139 cm³/mol. The lowest BCUT2D eigenvalue weighted by atomic mass is 10.1. The van der Waals surface area contributed by atoms with Crippen LogP contribution in [0.25, 0.3) is 0 Å². The molecule has 0 aliphatic carbocycles. The van der Waals surface area contributed by atoms with Crippen molar-refractivity contribution in [2.75, 3.05) is 26.2 Å². The molecule has 2 aromatic rings. The predicted octanol–water partition coefficient (Wildman–Crippen LogP) is 5.04. The third-order valence-electron chi connectivity index (χ3n) is 5.99. The lowest BCUT2D eigenvalue weighted by Gasteiger charge is -2.32. The Kier molecular flexibility index (Phi) is 10.3. The number of amides is 1. The minimum absolute atomic E-state index is 0.0912. The van der Waals surface area contributed by atoms with Crippen LogP contribution in [0.4, 0.5) is 4.79 Å². The Bertz CT molecular complexity index is 945. The first-order valence-electron chi connectivity index (χ1n) is 12.8. The van der Waals surface area contributed by atoms with Crippen molar-refractivity contribution in [1.82, 2.24) is 9.80 Å². The molecule has 0 bridgehead atoms. The molecular weight excluding hydrogens is 456 g/mol. The van der Waals surface area contributed by atoms with Crippen LogP contribution in [0.2, 0.25) is 0 Å². The number of hydrogen-bond donors (Lipinski definition) is 0. The Balaban J connectivity index is 1.72. The number of benzene rings is 2. The van der Waals surface area contributed by atoms with Crippen LogP contribution in [-0.4, -0.2) is 65.9 Å². The summed E-state index contributed by atoms with van der Waals surface area (Å²) in [5.41, 5.74) is 1.67. The van der Waals surface area contributed by atoms with E-state index in [0.717, 1.165) is 11.1 Å². The molecule has 0 radical (unpaired) electrons. The molecule has 1 amide bonds. The highest BCUT2D eigenvalue weighted by Crippen LogP contribution is 2.25. The molecule has 1 heterocycles. The Hall–Kier alpha value is -2.90. The molecule has 1 aliphatic heterocycles. The van der Waals surface area contributed by atoms with Crippen LogP contribution in [-0.2, 0) is 32.2 Å². The summed E-state index contributed by atoms with van der Waals surface area (Å²) in [5, 5.41) is 0. The van der Waals surface area contributed by atoms with Crippen molar-refractivity contribution in [3.63, 3.8) is 0 Å². The second-order valence-corrected chi connectivity index (χ2v) is 10.2. The van der Waals surface area contributed by atoms with Gasteiger partial charge in [-0.05, 0) is 45.2 Å². The molecule has 0 N–H and O–H groups in total. The van der Waals surface area contributed by atoms with Crippen molar-refractivity contribution >= 4 is 12.1 Å². The summed E-state index contributed by atoms with van der Waals surface area (Å²) in [6.07, 6.45) is 0.583. The maximum Gasteiger partial charge on any atom is 0.410 e. The highest BCUT2D eigenvalue weighted by Gasteiger charge is 2.39. The van der Waals surface area contributed by atoms with Crippen LogP contribution < -0.4 is 0 Å². The molecule has 7 nitrogen and oxygen atoms in total. The van der Waals surface area contributed by atoms with Crippen molar-refractivity contribution in [2.45, 2.75) is 71.4 Å². The summed E-state index contributed by atoms with van der Waals surface area (Å²) in [6, 6.07) is 20.1. The fraction of sp³-hybridized carbons (Fsp3) is 0.517. The highest BCUT2D eigenvalue weighted by atomic mass is 16.6. The first kappa shape index (κ1) is 27.7. The maximum atomic E-state index is 13.1. The van der Waals surface area contributed by atoms with Crippen molar-refractivity contribution in [3.8, 4) is 0 Å². The monoisotopic (exact) mass is 496 g/mol. The molecule has 2 aromatic carbocycles. The normalized spacial score (nSPS) is 17.9.